The molecule has 1 N–H and O–H groups in total. The lowest BCUT2D eigenvalue weighted by molar-refractivity contribution is 0.314. The number of nitrogens with one attached hydrogen (secondary N) is 1. The summed E-state index contributed by atoms with van der Waals surface area (Å²) >= 11 is 8.18. The first-order chi connectivity index (χ1) is 9.18. The van der Waals surface area contributed by atoms with Crippen LogP contribution in [0.15, 0.2) is 6.33 Å². The van der Waals surface area contributed by atoms with Crippen LogP contribution in [0.1, 0.15) is 25.3 Å². The van der Waals surface area contributed by atoms with Crippen molar-refractivity contribution in [2.24, 2.45) is 0 Å². The molecular formula is C13H21ClN4S. The highest BCUT2D eigenvalue weighted by Gasteiger charge is 2.14. The van der Waals surface area contributed by atoms with Gasteiger partial charge >= 0.3 is 0 Å². The Morgan fingerprint density at radius 3 is 2.79 bits per heavy atom. The third-order valence-electron chi connectivity index (χ3n) is 3.24. The van der Waals surface area contributed by atoms with E-state index in [2.05, 4.69) is 34.0 Å². The fraction of sp³-hybridized carbons (Fsp3) is 0.692. The molecule has 2 rings (SSSR count). The molecule has 0 unspecified atom stereocenters. The summed E-state index contributed by atoms with van der Waals surface area (Å²) in [5, 5.41) is 3.96. The molecule has 6 heteroatoms. The van der Waals surface area contributed by atoms with E-state index in [0.29, 0.717) is 11.1 Å². The van der Waals surface area contributed by atoms with E-state index in [0.717, 1.165) is 24.5 Å². The Balaban J connectivity index is 1.90. The van der Waals surface area contributed by atoms with Crippen molar-refractivity contribution in [3.63, 3.8) is 0 Å². The van der Waals surface area contributed by atoms with E-state index in [4.69, 9.17) is 11.6 Å². The van der Waals surface area contributed by atoms with Gasteiger partial charge in [0, 0.05) is 43.2 Å². The van der Waals surface area contributed by atoms with Crippen molar-refractivity contribution in [3.8, 4) is 0 Å². The molecule has 1 saturated heterocycles. The van der Waals surface area contributed by atoms with Crippen LogP contribution in [0.2, 0.25) is 5.15 Å². The standard InChI is InChI=1S/C13H21ClN4S/c1-10(2)11-12(14)16-9-17-13(11)15-3-4-18-5-7-19-8-6-18/h9-10H,3-8H2,1-2H3,(H,15,16,17). The summed E-state index contributed by atoms with van der Waals surface area (Å²) < 4.78 is 0. The minimum absolute atomic E-state index is 0.322. The maximum absolute atomic E-state index is 6.15. The van der Waals surface area contributed by atoms with Crippen LogP contribution < -0.4 is 5.32 Å². The van der Waals surface area contributed by atoms with Gasteiger partial charge in [-0.2, -0.15) is 11.8 Å². The molecule has 0 radical (unpaired) electrons. The number of anilines is 1. The van der Waals surface area contributed by atoms with Crippen LogP contribution in [0.5, 0.6) is 0 Å². The lowest BCUT2D eigenvalue weighted by atomic mass is 10.1. The fourth-order valence-electron chi connectivity index (χ4n) is 2.18. The third-order valence-corrected chi connectivity index (χ3v) is 4.48. The summed E-state index contributed by atoms with van der Waals surface area (Å²) in [4.78, 5) is 10.9. The molecule has 0 spiro atoms. The number of hydrogen-bond acceptors (Lipinski definition) is 5. The van der Waals surface area contributed by atoms with E-state index in [9.17, 15) is 0 Å². The predicted molar refractivity (Wildman–Crippen MR) is 83.4 cm³/mol. The van der Waals surface area contributed by atoms with E-state index in [1.54, 1.807) is 0 Å². The van der Waals surface area contributed by atoms with Gasteiger partial charge in [0.2, 0.25) is 0 Å². The van der Waals surface area contributed by atoms with E-state index >= 15 is 0 Å². The molecule has 1 aromatic heterocycles. The Labute approximate surface area is 124 Å². The van der Waals surface area contributed by atoms with E-state index in [1.807, 2.05) is 11.8 Å². The van der Waals surface area contributed by atoms with Crippen LogP contribution in [0.25, 0.3) is 0 Å². The maximum Gasteiger partial charge on any atom is 0.138 e. The van der Waals surface area contributed by atoms with Crippen LogP contribution in [-0.2, 0) is 0 Å². The predicted octanol–water partition coefficient (Wildman–Crippen LogP) is 2.71. The van der Waals surface area contributed by atoms with Crippen molar-refractivity contribution in [2.45, 2.75) is 19.8 Å². The highest BCUT2D eigenvalue weighted by atomic mass is 35.5. The van der Waals surface area contributed by atoms with Gasteiger partial charge < -0.3 is 5.32 Å². The van der Waals surface area contributed by atoms with Crippen molar-refractivity contribution in [1.82, 2.24) is 14.9 Å². The van der Waals surface area contributed by atoms with Crippen LogP contribution in [0.3, 0.4) is 0 Å². The Morgan fingerprint density at radius 2 is 2.11 bits per heavy atom. The summed E-state index contributed by atoms with van der Waals surface area (Å²) in [5.74, 6) is 3.69. The molecule has 0 aromatic carbocycles. The molecule has 19 heavy (non-hydrogen) atoms. The Hall–Kier alpha value is -0.520. The van der Waals surface area contributed by atoms with Gasteiger partial charge in [-0.1, -0.05) is 25.4 Å². The first kappa shape index (κ1) is 14.9. The molecular weight excluding hydrogens is 280 g/mol. The number of halogens is 1. The summed E-state index contributed by atoms with van der Waals surface area (Å²) in [6, 6.07) is 0. The Kier molecular flexibility index (Phi) is 5.73. The topological polar surface area (TPSA) is 41.1 Å². The van der Waals surface area contributed by atoms with Gasteiger partial charge in [0.25, 0.3) is 0 Å². The molecule has 1 aliphatic rings. The fourth-order valence-corrected chi connectivity index (χ4v) is 3.51. The molecule has 0 amide bonds. The average Bonchev–Trinajstić information content (AvgIpc) is 2.39. The molecule has 1 aromatic rings. The number of hydrogen-bond donors (Lipinski definition) is 1. The van der Waals surface area contributed by atoms with Gasteiger partial charge in [0.15, 0.2) is 0 Å². The van der Waals surface area contributed by atoms with Crippen molar-refractivity contribution < 1.29 is 0 Å². The minimum atomic E-state index is 0.322. The van der Waals surface area contributed by atoms with Crippen molar-refractivity contribution >= 4 is 29.2 Å². The second-order valence-corrected chi connectivity index (χ2v) is 6.55. The lowest BCUT2D eigenvalue weighted by Gasteiger charge is -2.26. The Morgan fingerprint density at radius 1 is 1.37 bits per heavy atom. The summed E-state index contributed by atoms with van der Waals surface area (Å²) in [6.45, 7) is 8.55. The number of rotatable bonds is 5. The van der Waals surface area contributed by atoms with Crippen LogP contribution in [0.4, 0.5) is 5.82 Å². The molecule has 0 saturated carbocycles. The molecule has 2 heterocycles. The second-order valence-electron chi connectivity index (χ2n) is 4.96. The van der Waals surface area contributed by atoms with E-state index in [-0.39, 0.29) is 0 Å². The van der Waals surface area contributed by atoms with E-state index < -0.39 is 0 Å². The molecule has 106 valence electrons. The SMILES string of the molecule is CC(C)c1c(Cl)ncnc1NCCN1CCSCC1. The number of aromatic nitrogens is 2. The maximum atomic E-state index is 6.15. The van der Waals surface area contributed by atoms with Gasteiger partial charge in [-0.05, 0) is 5.92 Å². The summed E-state index contributed by atoms with van der Waals surface area (Å²) in [5.41, 5.74) is 1.01. The highest BCUT2D eigenvalue weighted by molar-refractivity contribution is 7.99. The molecule has 0 atom stereocenters. The first-order valence-corrected chi connectivity index (χ1v) is 8.26. The van der Waals surface area contributed by atoms with Crippen molar-refractivity contribution in [3.05, 3.63) is 17.0 Å². The molecule has 1 aliphatic heterocycles. The van der Waals surface area contributed by atoms with E-state index in [1.165, 1.54) is 30.9 Å². The quantitative estimate of drug-likeness (QED) is 0.847. The minimum Gasteiger partial charge on any atom is -0.368 e. The molecule has 0 bridgehead atoms. The van der Waals surface area contributed by atoms with Gasteiger partial charge in [0.05, 0.1) is 0 Å². The van der Waals surface area contributed by atoms with Gasteiger partial charge in [-0.3, -0.25) is 4.90 Å². The van der Waals surface area contributed by atoms with Crippen molar-refractivity contribution in [2.75, 3.05) is 43.0 Å². The van der Waals surface area contributed by atoms with Crippen molar-refractivity contribution in [1.29, 1.82) is 0 Å². The normalized spacial score (nSPS) is 16.8. The monoisotopic (exact) mass is 300 g/mol. The van der Waals surface area contributed by atoms with Crippen LogP contribution in [0, 0.1) is 0 Å². The second kappa shape index (κ2) is 7.31. The zero-order valence-electron chi connectivity index (χ0n) is 11.5. The third kappa shape index (κ3) is 4.23. The summed E-state index contributed by atoms with van der Waals surface area (Å²) in [7, 11) is 0. The Bertz CT molecular complexity index is 408. The lowest BCUT2D eigenvalue weighted by Crippen LogP contribution is -2.36. The average molecular weight is 301 g/mol. The van der Waals surface area contributed by atoms with Crippen LogP contribution >= 0.6 is 23.4 Å². The number of nitrogens with zero attached hydrogens (tertiary/aromatic N) is 3. The van der Waals surface area contributed by atoms with Gasteiger partial charge in [0.1, 0.15) is 17.3 Å². The highest BCUT2D eigenvalue weighted by Crippen LogP contribution is 2.27. The molecule has 1 fully saturated rings. The largest absolute Gasteiger partial charge is 0.368 e. The smallest absolute Gasteiger partial charge is 0.138 e. The zero-order chi connectivity index (χ0) is 13.7. The summed E-state index contributed by atoms with van der Waals surface area (Å²) in [6.07, 6.45) is 1.52. The number of thioether (sulfide) groups is 1. The zero-order valence-corrected chi connectivity index (χ0v) is 13.1. The van der Waals surface area contributed by atoms with Gasteiger partial charge in [-0.15, -0.1) is 0 Å². The molecule has 0 aliphatic carbocycles. The van der Waals surface area contributed by atoms with Crippen LogP contribution in [-0.4, -0.2) is 52.6 Å². The molecule has 4 nitrogen and oxygen atoms in total. The van der Waals surface area contributed by atoms with Gasteiger partial charge in [-0.25, -0.2) is 9.97 Å². The first-order valence-electron chi connectivity index (χ1n) is 6.73.